The van der Waals surface area contributed by atoms with Gasteiger partial charge in [-0.25, -0.2) is 0 Å². The molecule has 0 saturated carbocycles. The minimum absolute atomic E-state index is 0.101. The summed E-state index contributed by atoms with van der Waals surface area (Å²) in [4.78, 5) is 41.7. The molecule has 10 heteroatoms. The number of allylic oxidation sites excluding steroid dienone is 4. The number of rotatable bonds is 16. The normalized spacial score (nSPS) is 12.7. The Kier molecular flexibility index (Phi) is 13.6. The molecule has 0 amide bonds. The van der Waals surface area contributed by atoms with Gasteiger partial charge in [-0.15, -0.1) is 0 Å². The first-order valence-corrected chi connectivity index (χ1v) is 9.27. The summed E-state index contributed by atoms with van der Waals surface area (Å²) in [6.07, 6.45) is 8.57. The summed E-state index contributed by atoms with van der Waals surface area (Å²) in [7, 11) is 0. The summed E-state index contributed by atoms with van der Waals surface area (Å²) in [5, 5.41) is 33.3. The summed E-state index contributed by atoms with van der Waals surface area (Å²) in [6, 6.07) is 0. The molecule has 10 nitrogen and oxygen atoms in total. The number of nitrogens with zero attached hydrogens (tertiary/aromatic N) is 3. The van der Waals surface area contributed by atoms with Crippen LogP contribution in [0.25, 0.3) is 0 Å². The van der Waals surface area contributed by atoms with Crippen molar-refractivity contribution in [3.8, 4) is 0 Å². The van der Waals surface area contributed by atoms with E-state index in [9.17, 15) is 35.1 Å². The number of carbonyl (C=O) groups excluding carboxylic acids is 1. The largest absolute Gasteiger partial charge is 0.303 e. The maximum atomic E-state index is 11.2. The van der Waals surface area contributed by atoms with Crippen LogP contribution in [0.5, 0.6) is 0 Å². The van der Waals surface area contributed by atoms with Gasteiger partial charge in [-0.3, -0.25) is 30.3 Å². The zero-order valence-corrected chi connectivity index (χ0v) is 16.1. The summed E-state index contributed by atoms with van der Waals surface area (Å²) in [5.74, 6) is 0. The second kappa shape index (κ2) is 15.2. The Balaban J connectivity index is 5.09. The molecule has 0 bridgehead atoms. The molecular weight excluding hydrogens is 370 g/mol. The first-order chi connectivity index (χ1) is 13.3. The van der Waals surface area contributed by atoms with E-state index >= 15 is 0 Å². The van der Waals surface area contributed by atoms with Crippen LogP contribution in [0.3, 0.4) is 0 Å². The average molecular weight is 397 g/mol. The van der Waals surface area contributed by atoms with Crippen LogP contribution in [0.4, 0.5) is 0 Å². The summed E-state index contributed by atoms with van der Waals surface area (Å²) in [5.41, 5.74) is -0.611. The molecule has 0 aromatic heterocycles. The number of aldehydes is 1. The van der Waals surface area contributed by atoms with E-state index in [1.807, 2.05) is 6.92 Å². The van der Waals surface area contributed by atoms with E-state index in [1.54, 1.807) is 0 Å². The molecule has 0 saturated heterocycles. The molecule has 0 N–H and O–H groups in total. The number of unbranched alkanes of at least 4 members (excludes halogenated alkanes) is 5. The van der Waals surface area contributed by atoms with E-state index in [2.05, 4.69) is 0 Å². The number of nitro groups is 3. The Bertz CT molecular complexity index is 639. The van der Waals surface area contributed by atoms with Crippen LogP contribution in [0, 0.1) is 30.3 Å². The van der Waals surface area contributed by atoms with E-state index in [1.165, 1.54) is 6.08 Å². The van der Waals surface area contributed by atoms with Gasteiger partial charge in [-0.1, -0.05) is 19.8 Å². The van der Waals surface area contributed by atoms with Crippen LogP contribution >= 0.6 is 0 Å². The van der Waals surface area contributed by atoms with Crippen molar-refractivity contribution in [1.29, 1.82) is 0 Å². The Hall–Kier alpha value is -2.91. The lowest BCUT2D eigenvalue weighted by molar-refractivity contribution is -0.434. The van der Waals surface area contributed by atoms with Gasteiger partial charge in [0.15, 0.2) is 0 Å². The quantitative estimate of drug-likeness (QED) is 0.160. The lowest BCUT2D eigenvalue weighted by Gasteiger charge is -1.99. The second-order valence-electron chi connectivity index (χ2n) is 6.17. The fraction of sp³-hybridized carbons (Fsp3) is 0.611. The van der Waals surface area contributed by atoms with Crippen LogP contribution in [-0.4, -0.2) is 21.1 Å². The lowest BCUT2D eigenvalue weighted by atomic mass is 10.1. The monoisotopic (exact) mass is 397 g/mol. The van der Waals surface area contributed by atoms with Gasteiger partial charge in [0.1, 0.15) is 6.29 Å². The maximum absolute atomic E-state index is 11.2. The van der Waals surface area contributed by atoms with Crippen LogP contribution in [0.15, 0.2) is 35.3 Å². The molecule has 0 spiro atoms. The molecule has 0 unspecified atom stereocenters. The topological polar surface area (TPSA) is 146 Å². The molecule has 0 aliphatic heterocycles. The molecule has 28 heavy (non-hydrogen) atoms. The van der Waals surface area contributed by atoms with Gasteiger partial charge in [-0.2, -0.15) is 0 Å². The number of hydrogen-bond acceptors (Lipinski definition) is 7. The lowest BCUT2D eigenvalue weighted by Crippen LogP contribution is -2.04. The SMILES string of the molecule is CCCCC/C=C(/C/C=C(/C/C=C(/CCCCC=O)[N+](=O)[O-])[N+](=O)[O-])[N+](=O)[O-]. The molecule has 0 heterocycles. The first kappa shape index (κ1) is 25.1. The zero-order valence-electron chi connectivity index (χ0n) is 16.1. The second-order valence-corrected chi connectivity index (χ2v) is 6.17. The van der Waals surface area contributed by atoms with E-state index in [4.69, 9.17) is 0 Å². The molecule has 156 valence electrons. The molecule has 0 aliphatic rings. The minimum Gasteiger partial charge on any atom is -0.303 e. The van der Waals surface area contributed by atoms with E-state index in [-0.39, 0.29) is 36.4 Å². The fourth-order valence-corrected chi connectivity index (χ4v) is 2.37. The minimum atomic E-state index is -0.685. The van der Waals surface area contributed by atoms with Crippen molar-refractivity contribution in [2.75, 3.05) is 0 Å². The molecule has 0 radical (unpaired) electrons. The van der Waals surface area contributed by atoms with Crippen molar-refractivity contribution in [1.82, 2.24) is 0 Å². The van der Waals surface area contributed by atoms with E-state index in [0.29, 0.717) is 25.7 Å². The van der Waals surface area contributed by atoms with Gasteiger partial charge >= 0.3 is 0 Å². The Morgan fingerprint density at radius 1 is 0.714 bits per heavy atom. The fourth-order valence-electron chi connectivity index (χ4n) is 2.37. The van der Waals surface area contributed by atoms with E-state index < -0.39 is 14.8 Å². The number of carbonyl (C=O) groups is 1. The van der Waals surface area contributed by atoms with Crippen molar-refractivity contribution in [3.63, 3.8) is 0 Å². The number of hydrogen-bond donors (Lipinski definition) is 0. The Morgan fingerprint density at radius 3 is 1.71 bits per heavy atom. The average Bonchev–Trinajstić information content (AvgIpc) is 2.63. The Labute approximate surface area is 163 Å². The summed E-state index contributed by atoms with van der Waals surface area (Å²) < 4.78 is 0. The predicted octanol–water partition coefficient (Wildman–Crippen LogP) is 4.59. The van der Waals surface area contributed by atoms with Crippen molar-refractivity contribution in [3.05, 3.63) is 65.7 Å². The Morgan fingerprint density at radius 2 is 1.21 bits per heavy atom. The molecule has 0 atom stereocenters. The molecular formula is C18H27N3O7. The molecule has 0 rings (SSSR count). The van der Waals surface area contributed by atoms with Crippen molar-refractivity contribution < 1.29 is 19.6 Å². The van der Waals surface area contributed by atoms with Crippen molar-refractivity contribution in [2.45, 2.75) is 71.1 Å². The highest BCUT2D eigenvalue weighted by Crippen LogP contribution is 2.16. The zero-order chi connectivity index (χ0) is 21.4. The maximum Gasteiger partial charge on any atom is 0.246 e. The van der Waals surface area contributed by atoms with Crippen LogP contribution in [-0.2, 0) is 4.79 Å². The van der Waals surface area contributed by atoms with E-state index in [0.717, 1.165) is 37.7 Å². The highest BCUT2D eigenvalue weighted by atomic mass is 16.6. The van der Waals surface area contributed by atoms with Gasteiger partial charge in [-0.05, 0) is 43.9 Å². The molecule has 0 aliphatic carbocycles. The van der Waals surface area contributed by atoms with Crippen molar-refractivity contribution in [2.24, 2.45) is 0 Å². The van der Waals surface area contributed by atoms with Gasteiger partial charge < -0.3 is 4.79 Å². The van der Waals surface area contributed by atoms with Crippen LogP contribution in [0.1, 0.15) is 71.1 Å². The summed E-state index contributed by atoms with van der Waals surface area (Å²) in [6.45, 7) is 2.01. The van der Waals surface area contributed by atoms with Gasteiger partial charge in [0.05, 0.1) is 27.6 Å². The standard InChI is InChI=1S/C18H27N3O7/c1-2-3-4-6-9-16(19(23)24)11-13-18(21(27)28)14-12-17(20(25)26)10-7-5-8-15-22/h9,12-13,15H,2-8,10-11,14H2,1H3/b16-9-,17-12-,18-13-. The highest BCUT2D eigenvalue weighted by molar-refractivity contribution is 5.48. The third kappa shape index (κ3) is 11.7. The summed E-state index contributed by atoms with van der Waals surface area (Å²) >= 11 is 0. The molecule has 0 aromatic rings. The van der Waals surface area contributed by atoms with Crippen LogP contribution in [0.2, 0.25) is 0 Å². The van der Waals surface area contributed by atoms with Gasteiger partial charge in [0.2, 0.25) is 17.1 Å². The molecule has 0 aromatic carbocycles. The molecule has 0 fully saturated rings. The highest BCUT2D eigenvalue weighted by Gasteiger charge is 2.17. The van der Waals surface area contributed by atoms with Crippen molar-refractivity contribution >= 4 is 6.29 Å². The predicted molar refractivity (Wildman–Crippen MR) is 103 cm³/mol. The third-order valence-corrected chi connectivity index (χ3v) is 3.99. The third-order valence-electron chi connectivity index (χ3n) is 3.99. The van der Waals surface area contributed by atoms with Crippen LogP contribution < -0.4 is 0 Å². The van der Waals surface area contributed by atoms with Gasteiger partial charge in [0, 0.05) is 12.8 Å². The smallest absolute Gasteiger partial charge is 0.246 e. The first-order valence-electron chi connectivity index (χ1n) is 9.27. The van der Waals surface area contributed by atoms with Gasteiger partial charge in [0.25, 0.3) is 0 Å².